The van der Waals surface area contributed by atoms with Crippen molar-refractivity contribution in [1.82, 2.24) is 9.80 Å². The van der Waals surface area contributed by atoms with Crippen LogP contribution in [0.1, 0.15) is 66.5 Å². The molecule has 8 aliphatic heterocycles. The number of allylic oxidation sites excluding steroid dienone is 12. The van der Waals surface area contributed by atoms with E-state index < -0.39 is 0 Å². The summed E-state index contributed by atoms with van der Waals surface area (Å²) in [5.41, 5.74) is 22.1. The topological polar surface area (TPSA) is 127 Å². The molecule has 4 aromatic carbocycles. The van der Waals surface area contributed by atoms with Gasteiger partial charge in [0.25, 0.3) is 0 Å². The number of thiocarbonyl (C=S) groups is 4. The summed E-state index contributed by atoms with van der Waals surface area (Å²) < 4.78 is 5.83. The number of thiol groups is 3. The Morgan fingerprint density at radius 3 is 1.24 bits per heavy atom. The van der Waals surface area contributed by atoms with E-state index in [1.165, 1.54) is 38.3 Å². The molecule has 624 valence electrons. The van der Waals surface area contributed by atoms with E-state index in [9.17, 15) is 0 Å². The predicted octanol–water partition coefficient (Wildman–Crippen LogP) is 10.3. The first kappa shape index (κ1) is 104. The molecule has 6 aromatic rings. The molecule has 0 unspecified atom stereocenters. The lowest BCUT2D eigenvalue weighted by molar-refractivity contribution is -0.881. The van der Waals surface area contributed by atoms with Crippen molar-refractivity contribution in [2.45, 2.75) is 85.8 Å². The van der Waals surface area contributed by atoms with Gasteiger partial charge < -0.3 is 120 Å². The van der Waals surface area contributed by atoms with E-state index in [1.807, 2.05) is 111 Å². The number of hydrogen-bond donors (Lipinski definition) is 4. The Labute approximate surface area is 828 Å². The summed E-state index contributed by atoms with van der Waals surface area (Å²) in [4.78, 5) is 41.3. The number of rotatable bonds is 11. The van der Waals surface area contributed by atoms with E-state index in [1.54, 1.807) is 11.8 Å². The van der Waals surface area contributed by atoms with Crippen molar-refractivity contribution in [3.63, 3.8) is 0 Å². The number of hydrogen-bond acceptors (Lipinski definition) is 18. The van der Waals surface area contributed by atoms with E-state index >= 15 is 0 Å². The van der Waals surface area contributed by atoms with Crippen LogP contribution in [0, 0.1) is 10.8 Å². The molecule has 8 aliphatic rings. The van der Waals surface area contributed by atoms with Crippen LogP contribution in [-0.4, -0.2) is 130 Å². The number of likely N-dealkylation sites (N-methyl/N-ethyl adjacent to an activating group) is 4. The van der Waals surface area contributed by atoms with Crippen LogP contribution in [0.15, 0.2) is 328 Å². The van der Waals surface area contributed by atoms with Crippen LogP contribution in [-0.2, 0) is 24.9 Å². The lowest BCUT2D eigenvalue weighted by Crippen LogP contribution is -3.00. The van der Waals surface area contributed by atoms with Crippen molar-refractivity contribution in [1.29, 1.82) is 0 Å². The number of thioether (sulfide) groups is 1. The molecule has 14 rings (SSSR count). The van der Waals surface area contributed by atoms with Crippen LogP contribution in [0.2, 0.25) is 0 Å². The molecule has 0 atom stereocenters. The van der Waals surface area contributed by atoms with Crippen molar-refractivity contribution in [2.24, 2.45) is 59.9 Å². The fourth-order valence-corrected chi connectivity index (χ4v) is 15.9. The van der Waals surface area contributed by atoms with Crippen LogP contribution in [0.25, 0.3) is 0 Å². The Morgan fingerprint density at radius 2 is 0.866 bits per heavy atom. The lowest BCUT2D eigenvalue weighted by atomic mass is 9.81. The Bertz CT molecular complexity index is 5370. The summed E-state index contributed by atoms with van der Waals surface area (Å²) in [6.07, 6.45) is 34.5. The first-order chi connectivity index (χ1) is 54.3. The second-order valence-electron chi connectivity index (χ2n) is 31.6. The molecule has 0 spiro atoms. The number of pyridine rings is 2. The molecule has 14 nitrogen and oxygen atoms in total. The van der Waals surface area contributed by atoms with Crippen LogP contribution < -0.4 is 111 Å². The molecule has 0 saturated carbocycles. The minimum Gasteiger partial charge on any atom is -1.00 e. The summed E-state index contributed by atoms with van der Waals surface area (Å²) >= 11 is 48.5. The molecule has 0 radical (unpaired) electrons. The molecule has 2 N–H and O–H groups in total. The number of quaternary nitrogens is 2. The maximum absolute atomic E-state index is 7.06. The molecule has 29 heteroatoms. The van der Waals surface area contributed by atoms with Gasteiger partial charge in [0.15, 0.2) is 15.2 Å². The zero-order valence-corrected chi connectivity index (χ0v) is 86.7. The number of aromatic nitrogens is 2. The third-order valence-corrected chi connectivity index (χ3v) is 23.1. The second kappa shape index (κ2) is 46.1. The molecule has 0 amide bonds. The summed E-state index contributed by atoms with van der Waals surface area (Å²) in [5, 5.41) is 7.88. The average Bonchev–Trinajstić information content (AvgIpc) is 1.63. The lowest BCUT2D eigenvalue weighted by Gasteiger charge is -2.37. The van der Waals surface area contributed by atoms with Crippen LogP contribution in [0.4, 0.5) is 34.4 Å². The first-order valence-electron chi connectivity index (χ1n) is 36.8. The number of benzene rings is 4. The number of nitrogens with zero attached hydrogens (tertiary/aromatic N) is 13. The molecule has 10 heterocycles. The molecule has 0 saturated heterocycles. The highest BCUT2D eigenvalue weighted by molar-refractivity contribution is 8.03. The zero-order valence-electron chi connectivity index (χ0n) is 69.0. The number of isothiocyanates is 3. The van der Waals surface area contributed by atoms with E-state index in [-0.39, 0.29) is 121 Å². The van der Waals surface area contributed by atoms with Gasteiger partial charge in [-0.2, -0.15) is 15.0 Å². The Balaban J connectivity index is 0.000000303. The Hall–Kier alpha value is -5.26. The highest BCUT2D eigenvalue weighted by Gasteiger charge is 2.45. The average molecular weight is 2250 g/mol. The smallest absolute Gasteiger partial charge is 0.327 e. The minimum atomic E-state index is -0.181. The molecule has 0 aliphatic carbocycles. The van der Waals surface area contributed by atoms with E-state index in [2.05, 4.69) is 343 Å². The SMILES string of the molecule is CN1C=CC=C2C1=NC(=CC=C1C[N+](C)(C)CC(C=CC3=Nc4c(ccc[n+]4C)C3(C)C)=C1Cl)C2(C)C.CN1C=CC=C2C1=NC(=CC=C1C[N+](C)(C)CC(C=CC3=Nc4c(ccc[n+]4C)C3(C)C)=C1Sc1ccc(N=C=S)cc1)C2(C)C.Nc1ccc(S)cc1.S=C(Cl)Cl.S=C=Nc1ccc(S)cc1.S=C=Nc1ccc(S)cc1.[I-].[I-].[I-].[I-]. The number of halogens is 7. The highest BCUT2D eigenvalue weighted by atomic mass is 127. The first-order valence-corrected chi connectivity index (χ1v) is 41.7. The molecule has 119 heavy (non-hydrogen) atoms. The number of amidine groups is 2. The summed E-state index contributed by atoms with van der Waals surface area (Å²) in [6, 6.07) is 38.9. The summed E-state index contributed by atoms with van der Waals surface area (Å²) in [5.74, 6) is 4.10. The van der Waals surface area contributed by atoms with Crippen LogP contribution >= 0.6 is 133 Å². The highest BCUT2D eigenvalue weighted by Crippen LogP contribution is 2.48. The number of aliphatic imine (C=N–C) groups is 7. The van der Waals surface area contributed by atoms with Crippen molar-refractivity contribution >= 4 is 210 Å². The fourth-order valence-electron chi connectivity index (χ4n) is 13.9. The second-order valence-corrected chi connectivity index (χ2v) is 36.9. The number of aryl methyl sites for hydroxylation is 2. The zero-order chi connectivity index (χ0) is 84.0. The molecule has 2 aromatic heterocycles. The van der Waals surface area contributed by atoms with Gasteiger partial charge in [-0.3, -0.25) is 0 Å². The van der Waals surface area contributed by atoms with Crippen molar-refractivity contribution in [3.8, 4) is 0 Å². The van der Waals surface area contributed by atoms with Gasteiger partial charge in [0.05, 0.1) is 126 Å². The van der Waals surface area contributed by atoms with Gasteiger partial charge in [0.1, 0.15) is 37.9 Å². The van der Waals surface area contributed by atoms with Gasteiger partial charge in [-0.25, -0.2) is 19.1 Å². The van der Waals surface area contributed by atoms with Gasteiger partial charge in [-0.1, -0.05) is 111 Å². The molecular weight excluding hydrogens is 2150 g/mol. The quantitative estimate of drug-likeness (QED) is 0.0148. The van der Waals surface area contributed by atoms with Crippen LogP contribution in [0.5, 0.6) is 0 Å². The van der Waals surface area contributed by atoms with Gasteiger partial charge in [0.2, 0.25) is 0 Å². The predicted molar refractivity (Wildman–Crippen MR) is 508 cm³/mol. The summed E-state index contributed by atoms with van der Waals surface area (Å²) in [6.45, 7) is 21.6. The minimum absolute atomic E-state index is 0. The van der Waals surface area contributed by atoms with Crippen molar-refractivity contribution in [2.75, 3.05) is 74.2 Å². The summed E-state index contributed by atoms with van der Waals surface area (Å²) in [7, 11) is 17.3. The normalized spacial score (nSPS) is 18.9. The Morgan fingerprint density at radius 1 is 0.513 bits per heavy atom. The number of anilines is 1. The van der Waals surface area contributed by atoms with Gasteiger partial charge in [-0.05, 0) is 244 Å². The largest absolute Gasteiger partial charge is 1.00 e. The molecule has 0 fully saturated rings. The van der Waals surface area contributed by atoms with Gasteiger partial charge >= 0.3 is 11.6 Å². The third kappa shape index (κ3) is 27.6. The van der Waals surface area contributed by atoms with Crippen LogP contribution in [0.3, 0.4) is 0 Å². The molecule has 0 bridgehead atoms. The fraction of sp³-hybridized carbons (Fsp3) is 0.267. The van der Waals surface area contributed by atoms with Crippen molar-refractivity contribution < 1.29 is 114 Å². The van der Waals surface area contributed by atoms with Crippen molar-refractivity contribution in [3.05, 3.63) is 285 Å². The van der Waals surface area contributed by atoms with E-state index in [0.29, 0.717) is 0 Å². The van der Waals surface area contributed by atoms with Gasteiger partial charge in [-0.15, -0.1) is 37.9 Å². The molecular formula is C90H97Cl3I4N14S8. The maximum Gasteiger partial charge on any atom is 0.327 e. The number of fused-ring (bicyclic) bond motifs is 4. The monoisotopic (exact) mass is 2240 g/mol. The third-order valence-electron chi connectivity index (χ3n) is 20.2. The maximum atomic E-state index is 7.06. The number of nitrogens with two attached hydrogens (primary N) is 1. The van der Waals surface area contributed by atoms with E-state index in [4.69, 9.17) is 72.7 Å². The standard InChI is InChI=1S/C38H42N6S2.C31H38ClN5.2C7H5NS2.C6H7NS.CCl2S.4HI/c1-37(2)30-11-9-21-42(5)35(30)40-32(37)19-13-26-23-44(7,8)24-27(34(26)46-29-17-15-28(16-18-29)39-25-45)14-20-33-38(3,4)31-12-10-22-43(6)36(31)41-33;1-30(2)23-11-9-17-35(5)28(23)33-25(30)15-13-21-19-37(7,8)20-22(27(21)32)14-16-26-31(3,4)24-12-10-18-36(6)29(24)34-26;2*9-5-8-6-1-3-7(10)4-2-6;7-5-1-3-6(8)4-2-5;2-1(3)4;;;;/h9-22H,23-24H2,1-8H3;9-18H,19-20H2,1-8H3;2*1-4,10H;1-4,8H,7H2;;4*1H/q2*+2;;;;;;;;/p-4. The van der Waals surface area contributed by atoms with Gasteiger partial charge in [0, 0.05) is 101 Å². The van der Waals surface area contributed by atoms with E-state index in [0.717, 1.165) is 140 Å². The Kier molecular flexibility index (Phi) is 40.4. The number of nitrogen functional groups attached to an aromatic ring is 1.